The predicted molar refractivity (Wildman–Crippen MR) is 113 cm³/mol. The summed E-state index contributed by atoms with van der Waals surface area (Å²) in [5.41, 5.74) is 4.77. The second-order valence-electron chi connectivity index (χ2n) is 5.28. The zero-order valence-electron chi connectivity index (χ0n) is 14.2. The number of amides is 1. The van der Waals surface area contributed by atoms with Crippen molar-refractivity contribution in [3.8, 4) is 5.75 Å². The molecule has 1 amide bonds. The average molecular weight is 513 g/mol. The van der Waals surface area contributed by atoms with Gasteiger partial charge in [0.25, 0.3) is 11.1 Å². The molecule has 0 aliphatic rings. The second-order valence-corrected chi connectivity index (χ2v) is 7.91. The van der Waals surface area contributed by atoms with Crippen LogP contribution >= 0.6 is 43.6 Å². The number of nitrogens with zero attached hydrogens (tertiary/aromatic N) is 2. The number of ether oxygens (including phenoxy) is 1. The lowest BCUT2D eigenvalue weighted by molar-refractivity contribution is -0.118. The summed E-state index contributed by atoms with van der Waals surface area (Å²) in [5, 5.41) is 4.44. The van der Waals surface area contributed by atoms with Gasteiger partial charge in [0.05, 0.1) is 27.5 Å². The van der Waals surface area contributed by atoms with Gasteiger partial charge in [-0.25, -0.2) is 10.4 Å². The molecular weight excluding hydrogens is 498 g/mol. The maximum absolute atomic E-state index is 11.9. The molecule has 2 aromatic carbocycles. The lowest BCUT2D eigenvalue weighted by atomic mass is 10.2. The van der Waals surface area contributed by atoms with Crippen molar-refractivity contribution in [3.05, 3.63) is 50.9 Å². The first-order valence-corrected chi connectivity index (χ1v) is 10.6. The molecule has 0 fully saturated rings. The molecule has 0 aliphatic heterocycles. The summed E-state index contributed by atoms with van der Waals surface area (Å²) in [5.74, 6) is 0.636. The molecule has 1 N–H and O–H groups in total. The number of carbonyl (C=O) groups excluding carboxylic acids is 1. The van der Waals surface area contributed by atoms with Crippen LogP contribution < -0.4 is 10.2 Å². The first-order valence-electron chi connectivity index (χ1n) is 7.99. The van der Waals surface area contributed by atoms with Crippen LogP contribution in [-0.2, 0) is 4.79 Å². The van der Waals surface area contributed by atoms with Gasteiger partial charge in [-0.1, -0.05) is 23.9 Å². The number of carbonyl (C=O) groups is 1. The van der Waals surface area contributed by atoms with E-state index < -0.39 is 0 Å². The van der Waals surface area contributed by atoms with E-state index in [1.54, 1.807) is 6.21 Å². The molecule has 6 nitrogen and oxygen atoms in total. The van der Waals surface area contributed by atoms with E-state index in [1.165, 1.54) is 11.8 Å². The highest BCUT2D eigenvalue weighted by Crippen LogP contribution is 2.34. The smallest absolute Gasteiger partial charge is 0.257 e. The summed E-state index contributed by atoms with van der Waals surface area (Å²) in [7, 11) is 0. The van der Waals surface area contributed by atoms with Crippen LogP contribution in [0.25, 0.3) is 11.1 Å². The van der Waals surface area contributed by atoms with E-state index in [-0.39, 0.29) is 11.7 Å². The Hall–Kier alpha value is -1.84. The molecule has 0 saturated carbocycles. The van der Waals surface area contributed by atoms with Crippen LogP contribution in [0.15, 0.2) is 60.1 Å². The third-order valence-electron chi connectivity index (χ3n) is 3.31. The van der Waals surface area contributed by atoms with Crippen molar-refractivity contribution in [2.24, 2.45) is 5.10 Å². The van der Waals surface area contributed by atoms with Crippen molar-refractivity contribution >= 4 is 66.8 Å². The number of halogens is 2. The molecule has 27 heavy (non-hydrogen) atoms. The molecule has 0 spiro atoms. The first-order chi connectivity index (χ1) is 13.1. The van der Waals surface area contributed by atoms with Gasteiger partial charge in [0.15, 0.2) is 5.58 Å². The Bertz CT molecular complexity index is 935. The van der Waals surface area contributed by atoms with Crippen molar-refractivity contribution in [3.63, 3.8) is 0 Å². The number of hydrogen-bond acceptors (Lipinski definition) is 6. The van der Waals surface area contributed by atoms with Crippen molar-refractivity contribution in [2.75, 3.05) is 12.4 Å². The maximum atomic E-state index is 11.9. The Balaban J connectivity index is 1.54. The van der Waals surface area contributed by atoms with Crippen LogP contribution in [0.1, 0.15) is 12.5 Å². The summed E-state index contributed by atoms with van der Waals surface area (Å²) >= 11 is 8.14. The van der Waals surface area contributed by atoms with E-state index in [0.717, 1.165) is 25.8 Å². The van der Waals surface area contributed by atoms with Crippen molar-refractivity contribution in [1.29, 1.82) is 0 Å². The number of oxazole rings is 1. The summed E-state index contributed by atoms with van der Waals surface area (Å²) in [6, 6.07) is 11.2. The number of aromatic nitrogens is 1. The Morgan fingerprint density at radius 2 is 2.07 bits per heavy atom. The lowest BCUT2D eigenvalue weighted by Gasteiger charge is -2.09. The van der Waals surface area contributed by atoms with Crippen LogP contribution in [-0.4, -0.2) is 29.5 Å². The van der Waals surface area contributed by atoms with E-state index in [2.05, 4.69) is 47.4 Å². The molecule has 0 unspecified atom stereocenters. The average Bonchev–Trinajstić information content (AvgIpc) is 3.06. The number of nitrogens with one attached hydrogen (secondary N) is 1. The maximum Gasteiger partial charge on any atom is 0.257 e. The molecule has 3 aromatic rings. The monoisotopic (exact) mass is 511 g/mol. The number of hydrogen-bond donors (Lipinski definition) is 1. The largest absolute Gasteiger partial charge is 0.492 e. The third-order valence-corrected chi connectivity index (χ3v) is 5.32. The second kappa shape index (κ2) is 9.38. The van der Waals surface area contributed by atoms with E-state index in [4.69, 9.17) is 9.15 Å². The number of fused-ring (bicyclic) bond motifs is 1. The summed E-state index contributed by atoms with van der Waals surface area (Å²) < 4.78 is 12.7. The zero-order valence-corrected chi connectivity index (χ0v) is 18.2. The van der Waals surface area contributed by atoms with Gasteiger partial charge in [-0.3, -0.25) is 4.79 Å². The van der Waals surface area contributed by atoms with Crippen LogP contribution in [0.3, 0.4) is 0 Å². The molecule has 0 radical (unpaired) electrons. The predicted octanol–water partition coefficient (Wildman–Crippen LogP) is 4.99. The molecule has 0 atom stereocenters. The minimum Gasteiger partial charge on any atom is -0.492 e. The van der Waals surface area contributed by atoms with Crippen LogP contribution in [0.2, 0.25) is 0 Å². The quantitative estimate of drug-likeness (QED) is 0.274. The Labute approximate surface area is 177 Å². The van der Waals surface area contributed by atoms with E-state index >= 15 is 0 Å². The fraction of sp³-hybridized carbons (Fsp3) is 0.167. The normalized spacial score (nSPS) is 11.2. The van der Waals surface area contributed by atoms with Crippen LogP contribution in [0.5, 0.6) is 5.75 Å². The van der Waals surface area contributed by atoms with Gasteiger partial charge in [0.2, 0.25) is 0 Å². The first kappa shape index (κ1) is 19.9. The summed E-state index contributed by atoms with van der Waals surface area (Å²) in [6.45, 7) is 2.49. The molecule has 0 saturated heterocycles. The molecule has 0 bridgehead atoms. The summed E-state index contributed by atoms with van der Waals surface area (Å²) in [4.78, 5) is 16.3. The van der Waals surface area contributed by atoms with E-state index in [0.29, 0.717) is 17.4 Å². The van der Waals surface area contributed by atoms with Gasteiger partial charge >= 0.3 is 0 Å². The number of para-hydroxylation sites is 2. The van der Waals surface area contributed by atoms with E-state index in [1.807, 2.05) is 43.3 Å². The number of thioether (sulfide) groups is 1. The third kappa shape index (κ3) is 5.33. The van der Waals surface area contributed by atoms with Crippen molar-refractivity contribution in [1.82, 2.24) is 10.4 Å². The molecule has 1 heterocycles. The van der Waals surface area contributed by atoms with Gasteiger partial charge in [-0.2, -0.15) is 5.10 Å². The molecule has 9 heteroatoms. The molecule has 1 aromatic heterocycles. The molecule has 3 rings (SSSR count). The van der Waals surface area contributed by atoms with Gasteiger partial charge in [-0.15, -0.1) is 0 Å². The zero-order chi connectivity index (χ0) is 19.2. The molecule has 140 valence electrons. The molecule has 0 aliphatic carbocycles. The van der Waals surface area contributed by atoms with Gasteiger partial charge in [0.1, 0.15) is 11.3 Å². The van der Waals surface area contributed by atoms with Gasteiger partial charge in [-0.05, 0) is 68.6 Å². The Kier molecular flexibility index (Phi) is 6.92. The fourth-order valence-electron chi connectivity index (χ4n) is 2.19. The fourth-order valence-corrected chi connectivity index (χ4v) is 4.27. The highest BCUT2D eigenvalue weighted by atomic mass is 79.9. The Morgan fingerprint density at radius 1 is 1.33 bits per heavy atom. The molecular formula is C18H15Br2N3O3S. The minimum absolute atomic E-state index is 0.154. The van der Waals surface area contributed by atoms with Gasteiger partial charge < -0.3 is 9.15 Å². The number of hydrazone groups is 1. The highest BCUT2D eigenvalue weighted by molar-refractivity contribution is 9.11. The highest BCUT2D eigenvalue weighted by Gasteiger charge is 2.09. The van der Waals surface area contributed by atoms with Crippen LogP contribution in [0, 0.1) is 0 Å². The van der Waals surface area contributed by atoms with Crippen molar-refractivity contribution < 1.29 is 13.9 Å². The van der Waals surface area contributed by atoms with Crippen LogP contribution in [0.4, 0.5) is 0 Å². The number of rotatable bonds is 7. The standard InChI is InChI=1S/C18H15Br2N3O3S/c1-2-25-17-12(19)7-11(8-13(17)20)9-21-23-16(24)10-27-18-22-14-5-3-4-6-15(14)26-18/h3-9H,2,10H2,1H3,(H,23,24)/b21-9-. The Morgan fingerprint density at radius 3 is 2.78 bits per heavy atom. The topological polar surface area (TPSA) is 76.7 Å². The number of benzene rings is 2. The lowest BCUT2D eigenvalue weighted by Crippen LogP contribution is -2.19. The van der Waals surface area contributed by atoms with Gasteiger partial charge in [0, 0.05) is 0 Å². The minimum atomic E-state index is -0.248. The SMILES string of the molecule is CCOc1c(Br)cc(/C=N\NC(=O)CSc2nc3ccccc3o2)cc1Br. The van der Waals surface area contributed by atoms with E-state index in [9.17, 15) is 4.79 Å². The summed E-state index contributed by atoms with van der Waals surface area (Å²) in [6.07, 6.45) is 1.56. The van der Waals surface area contributed by atoms with Crippen molar-refractivity contribution in [2.45, 2.75) is 12.1 Å².